The molecule has 1 amide bonds. The molecule has 43 heavy (non-hydrogen) atoms. The fourth-order valence-corrected chi connectivity index (χ4v) is 4.29. The number of hydrogen-bond donors (Lipinski definition) is 4. The van der Waals surface area contributed by atoms with Gasteiger partial charge in [-0.05, 0) is 53.4 Å². The fourth-order valence-electron chi connectivity index (χ4n) is 4.29. The van der Waals surface area contributed by atoms with Crippen LogP contribution in [0.1, 0.15) is 43.0 Å². The SMILES string of the molecule is O=C(O)c1cccc([N+](=O)[O-])c1C(=O)Nc1ccc(Cc2ccc(NOCc3c(COO)cccc3[N+](=O)[O-])cc2)cc1. The zero-order valence-corrected chi connectivity index (χ0v) is 22.3. The molecule has 0 aliphatic rings. The lowest BCUT2D eigenvalue weighted by molar-refractivity contribution is -0.386. The number of benzene rings is 4. The number of carbonyl (C=O) groups excluding carboxylic acids is 1. The van der Waals surface area contributed by atoms with Gasteiger partial charge in [-0.25, -0.2) is 9.68 Å². The Morgan fingerprint density at radius 3 is 1.93 bits per heavy atom. The highest BCUT2D eigenvalue weighted by Crippen LogP contribution is 2.26. The maximum absolute atomic E-state index is 12.8. The lowest BCUT2D eigenvalue weighted by Crippen LogP contribution is -2.18. The number of hydrogen-bond acceptors (Lipinski definition) is 10. The smallest absolute Gasteiger partial charge is 0.336 e. The first-order valence-electron chi connectivity index (χ1n) is 12.6. The molecule has 0 bridgehead atoms. The molecule has 0 spiro atoms. The highest BCUT2D eigenvalue weighted by Gasteiger charge is 2.27. The molecular formula is C29H24N4O10. The van der Waals surface area contributed by atoms with Crippen LogP contribution in [0.4, 0.5) is 22.7 Å². The largest absolute Gasteiger partial charge is 0.478 e. The summed E-state index contributed by atoms with van der Waals surface area (Å²) in [4.78, 5) is 55.3. The molecular weight excluding hydrogens is 564 g/mol. The van der Waals surface area contributed by atoms with Gasteiger partial charge in [0.25, 0.3) is 17.3 Å². The summed E-state index contributed by atoms with van der Waals surface area (Å²) in [6, 6.07) is 21.7. The third-order valence-corrected chi connectivity index (χ3v) is 6.34. The summed E-state index contributed by atoms with van der Waals surface area (Å²) in [5.41, 5.74) is 4.36. The lowest BCUT2D eigenvalue weighted by Gasteiger charge is -2.11. The van der Waals surface area contributed by atoms with Crippen LogP contribution in [0.25, 0.3) is 0 Å². The van der Waals surface area contributed by atoms with Crippen LogP contribution in [0.2, 0.25) is 0 Å². The van der Waals surface area contributed by atoms with Crippen molar-refractivity contribution in [3.05, 3.63) is 139 Å². The summed E-state index contributed by atoms with van der Waals surface area (Å²) < 4.78 is 0. The third-order valence-electron chi connectivity index (χ3n) is 6.34. The number of nitrogens with zero attached hydrogens (tertiary/aromatic N) is 2. The first-order chi connectivity index (χ1) is 20.7. The molecule has 4 rings (SSSR count). The van der Waals surface area contributed by atoms with Crippen molar-refractivity contribution in [2.24, 2.45) is 0 Å². The molecule has 0 aliphatic heterocycles. The van der Waals surface area contributed by atoms with E-state index in [1.54, 1.807) is 42.5 Å². The van der Waals surface area contributed by atoms with Gasteiger partial charge in [0.15, 0.2) is 0 Å². The molecule has 0 heterocycles. The second-order valence-corrected chi connectivity index (χ2v) is 9.12. The first kappa shape index (κ1) is 30.3. The van der Waals surface area contributed by atoms with Crippen LogP contribution >= 0.6 is 0 Å². The van der Waals surface area contributed by atoms with Crippen LogP contribution in [-0.2, 0) is 29.4 Å². The highest BCUT2D eigenvalue weighted by molar-refractivity contribution is 6.13. The lowest BCUT2D eigenvalue weighted by atomic mass is 10.0. The second-order valence-electron chi connectivity index (χ2n) is 9.12. The van der Waals surface area contributed by atoms with Gasteiger partial charge in [-0.1, -0.05) is 42.5 Å². The number of carboxylic acids is 1. The van der Waals surface area contributed by atoms with Gasteiger partial charge in [-0.15, -0.1) is 0 Å². The zero-order valence-electron chi connectivity index (χ0n) is 22.3. The van der Waals surface area contributed by atoms with Gasteiger partial charge >= 0.3 is 5.97 Å². The van der Waals surface area contributed by atoms with E-state index >= 15 is 0 Å². The molecule has 0 unspecified atom stereocenters. The molecule has 0 radical (unpaired) electrons. The number of carboxylic acid groups (broad SMARTS) is 1. The Bertz CT molecular complexity index is 1630. The Morgan fingerprint density at radius 2 is 1.35 bits per heavy atom. The molecule has 0 saturated heterocycles. The normalized spacial score (nSPS) is 10.6. The average molecular weight is 589 g/mol. The minimum absolute atomic E-state index is 0.157. The van der Waals surface area contributed by atoms with E-state index in [-0.39, 0.29) is 24.5 Å². The second kappa shape index (κ2) is 13.8. The van der Waals surface area contributed by atoms with Crippen molar-refractivity contribution in [1.29, 1.82) is 0 Å². The molecule has 14 heteroatoms. The van der Waals surface area contributed by atoms with E-state index in [1.807, 2.05) is 12.1 Å². The number of aromatic carboxylic acids is 1. The van der Waals surface area contributed by atoms with Crippen LogP contribution in [0, 0.1) is 20.2 Å². The van der Waals surface area contributed by atoms with Crippen molar-refractivity contribution in [2.75, 3.05) is 10.8 Å². The van der Waals surface area contributed by atoms with Gasteiger partial charge in [0, 0.05) is 17.8 Å². The molecule has 0 fully saturated rings. The molecule has 0 saturated carbocycles. The van der Waals surface area contributed by atoms with E-state index in [1.165, 1.54) is 18.2 Å². The van der Waals surface area contributed by atoms with E-state index < -0.39 is 38.5 Å². The monoisotopic (exact) mass is 588 g/mol. The van der Waals surface area contributed by atoms with E-state index in [0.29, 0.717) is 23.4 Å². The van der Waals surface area contributed by atoms with Gasteiger partial charge in [0.05, 0.1) is 26.7 Å². The molecule has 4 aromatic carbocycles. The summed E-state index contributed by atoms with van der Waals surface area (Å²) in [5.74, 6) is -2.37. The molecule has 220 valence electrons. The molecule has 4 aromatic rings. The summed E-state index contributed by atoms with van der Waals surface area (Å²) in [7, 11) is 0. The number of rotatable bonds is 13. The number of anilines is 2. The number of nitro groups is 2. The van der Waals surface area contributed by atoms with Crippen LogP contribution in [0.15, 0.2) is 84.9 Å². The number of nitrogens with one attached hydrogen (secondary N) is 2. The van der Waals surface area contributed by atoms with Gasteiger partial charge in [0.2, 0.25) is 0 Å². The Morgan fingerprint density at radius 1 is 0.767 bits per heavy atom. The minimum Gasteiger partial charge on any atom is -0.478 e. The molecule has 0 atom stereocenters. The minimum atomic E-state index is -1.46. The predicted molar refractivity (Wildman–Crippen MR) is 153 cm³/mol. The van der Waals surface area contributed by atoms with Crippen molar-refractivity contribution < 1.29 is 39.5 Å². The Balaban J connectivity index is 1.36. The standard InChI is InChI=1S/C29H24N4O10/c34-28(27-23(29(35)36)4-2-6-26(27)33(39)40)30-21-11-7-18(8-12-21)15-19-9-13-22(14-10-19)31-42-17-24-20(16-43-41)3-1-5-25(24)32(37)38/h1-14,31,41H,15-17H2,(H,30,34)(H,35,36). The van der Waals surface area contributed by atoms with Gasteiger partial charge < -0.3 is 10.4 Å². The molecule has 0 aromatic heterocycles. The van der Waals surface area contributed by atoms with E-state index in [2.05, 4.69) is 15.7 Å². The van der Waals surface area contributed by atoms with Crippen LogP contribution < -0.4 is 10.8 Å². The van der Waals surface area contributed by atoms with Gasteiger partial charge in [-0.3, -0.25) is 40.6 Å². The van der Waals surface area contributed by atoms with E-state index in [9.17, 15) is 34.9 Å². The Labute approximate surface area is 243 Å². The summed E-state index contributed by atoms with van der Waals surface area (Å²) in [6.45, 7) is -0.390. The van der Waals surface area contributed by atoms with E-state index in [0.717, 1.165) is 23.3 Å². The van der Waals surface area contributed by atoms with Crippen molar-refractivity contribution in [3.63, 3.8) is 0 Å². The summed E-state index contributed by atoms with van der Waals surface area (Å²) in [6.07, 6.45) is 0.531. The number of amides is 1. The maximum atomic E-state index is 12.8. The van der Waals surface area contributed by atoms with Crippen LogP contribution in [-0.4, -0.2) is 32.1 Å². The van der Waals surface area contributed by atoms with Gasteiger partial charge in [0.1, 0.15) is 18.8 Å². The summed E-state index contributed by atoms with van der Waals surface area (Å²) in [5, 5.41) is 43.4. The third kappa shape index (κ3) is 7.53. The molecule has 4 N–H and O–H groups in total. The van der Waals surface area contributed by atoms with Crippen molar-refractivity contribution >= 4 is 34.6 Å². The van der Waals surface area contributed by atoms with Crippen LogP contribution in [0.3, 0.4) is 0 Å². The Hall–Kier alpha value is -5.70. The molecule has 0 aliphatic carbocycles. The zero-order chi connectivity index (χ0) is 30.9. The predicted octanol–water partition coefficient (Wildman–Crippen LogP) is 5.58. The number of nitro benzene ring substituents is 2. The average Bonchev–Trinajstić information content (AvgIpc) is 2.99. The van der Waals surface area contributed by atoms with E-state index in [4.69, 9.17) is 10.1 Å². The van der Waals surface area contributed by atoms with Crippen molar-refractivity contribution in [3.8, 4) is 0 Å². The fraction of sp³-hybridized carbons (Fsp3) is 0.103. The van der Waals surface area contributed by atoms with Gasteiger partial charge in [-0.2, -0.15) is 0 Å². The summed E-state index contributed by atoms with van der Waals surface area (Å²) >= 11 is 0. The highest BCUT2D eigenvalue weighted by atomic mass is 17.1. The quantitative estimate of drug-likeness (QED) is 0.0862. The first-order valence-corrected chi connectivity index (χ1v) is 12.6. The van der Waals surface area contributed by atoms with Crippen molar-refractivity contribution in [1.82, 2.24) is 0 Å². The molecule has 14 nitrogen and oxygen atoms in total. The van der Waals surface area contributed by atoms with Crippen molar-refractivity contribution in [2.45, 2.75) is 19.6 Å². The number of carbonyl (C=O) groups is 2. The maximum Gasteiger partial charge on any atom is 0.336 e. The Kier molecular flexibility index (Phi) is 9.70. The topological polar surface area (TPSA) is 203 Å². The van der Waals surface area contributed by atoms with Crippen LogP contribution in [0.5, 0.6) is 0 Å².